The van der Waals surface area contributed by atoms with Crippen molar-refractivity contribution in [3.63, 3.8) is 0 Å². The van der Waals surface area contributed by atoms with Crippen LogP contribution in [0, 0.1) is 11.3 Å². The Morgan fingerprint density at radius 2 is 2.03 bits per heavy atom. The van der Waals surface area contributed by atoms with Gasteiger partial charge in [-0.1, -0.05) is 0 Å². The lowest BCUT2D eigenvalue weighted by molar-refractivity contribution is 0.0273. The number of likely N-dealkylation sites (tertiary alicyclic amines) is 1. The Bertz CT molecular complexity index is 1440. The molecule has 0 saturated carbocycles. The second-order valence-electron chi connectivity index (χ2n) is 9.91. The maximum Gasteiger partial charge on any atom is 0.410 e. The summed E-state index contributed by atoms with van der Waals surface area (Å²) in [6, 6.07) is 4.20. The van der Waals surface area contributed by atoms with Gasteiger partial charge in [-0.05, 0) is 27.2 Å². The van der Waals surface area contributed by atoms with E-state index in [1.807, 2.05) is 56.9 Å². The van der Waals surface area contributed by atoms with E-state index < -0.39 is 11.1 Å². The monoisotopic (exact) mass is 473 g/mol. The molecule has 1 aliphatic heterocycles. The number of hydrogen-bond acceptors (Lipinski definition) is 7. The van der Waals surface area contributed by atoms with Crippen LogP contribution >= 0.6 is 0 Å². The van der Waals surface area contributed by atoms with Gasteiger partial charge in [0.05, 0.1) is 48.2 Å². The molecule has 1 amide bonds. The first kappa shape index (κ1) is 22.6. The highest BCUT2D eigenvalue weighted by atomic mass is 16.6. The van der Waals surface area contributed by atoms with Gasteiger partial charge in [-0.25, -0.2) is 14.8 Å². The average molecular weight is 474 g/mol. The minimum atomic E-state index is -0.640. The number of nitrogens with zero attached hydrogens (tertiary/aromatic N) is 9. The van der Waals surface area contributed by atoms with E-state index >= 15 is 0 Å². The highest BCUT2D eigenvalue weighted by molar-refractivity contribution is 5.69. The van der Waals surface area contributed by atoms with Gasteiger partial charge in [-0.2, -0.15) is 15.5 Å². The largest absolute Gasteiger partial charge is 0.444 e. The number of aryl methyl sites for hydroxylation is 1. The lowest BCUT2D eigenvalue weighted by Gasteiger charge is -2.28. The minimum Gasteiger partial charge on any atom is -0.444 e. The highest BCUT2D eigenvalue weighted by Gasteiger charge is 2.43. The molecule has 0 spiro atoms. The van der Waals surface area contributed by atoms with E-state index in [1.165, 1.54) is 0 Å². The number of carbonyl (C=O) groups excluding carboxylic acids is 1. The van der Waals surface area contributed by atoms with E-state index in [-0.39, 0.29) is 12.5 Å². The predicted molar refractivity (Wildman–Crippen MR) is 127 cm³/mol. The topological polar surface area (TPSA) is 119 Å². The van der Waals surface area contributed by atoms with Gasteiger partial charge in [0, 0.05) is 50.0 Å². The highest BCUT2D eigenvalue weighted by Crippen LogP contribution is 2.34. The molecule has 0 bridgehead atoms. The molecule has 11 nitrogen and oxygen atoms in total. The fourth-order valence-corrected chi connectivity index (χ4v) is 4.42. The van der Waals surface area contributed by atoms with Crippen molar-refractivity contribution >= 4 is 11.7 Å². The van der Waals surface area contributed by atoms with Crippen molar-refractivity contribution in [2.24, 2.45) is 7.05 Å². The average Bonchev–Trinajstić information content (AvgIpc) is 3.58. The van der Waals surface area contributed by atoms with Crippen LogP contribution in [0.5, 0.6) is 0 Å². The number of carbonyl (C=O) groups is 1. The van der Waals surface area contributed by atoms with Gasteiger partial charge in [-0.3, -0.25) is 13.8 Å². The maximum absolute atomic E-state index is 12.7. The number of nitriles is 1. The molecule has 0 N–H and O–H groups in total. The van der Waals surface area contributed by atoms with Gasteiger partial charge in [0.2, 0.25) is 0 Å². The van der Waals surface area contributed by atoms with Crippen LogP contribution in [0.25, 0.3) is 28.3 Å². The van der Waals surface area contributed by atoms with Crippen LogP contribution in [-0.4, -0.2) is 63.6 Å². The molecule has 1 fully saturated rings. The summed E-state index contributed by atoms with van der Waals surface area (Å²) in [5, 5.41) is 18.5. The summed E-state index contributed by atoms with van der Waals surface area (Å²) in [7, 11) is 1.86. The Kier molecular flexibility index (Phi) is 5.31. The molecule has 0 aromatic carbocycles. The normalized spacial score (nSPS) is 18.2. The van der Waals surface area contributed by atoms with E-state index in [2.05, 4.69) is 21.3 Å². The number of imidazole rings is 1. The van der Waals surface area contributed by atoms with Gasteiger partial charge in [0.15, 0.2) is 0 Å². The van der Waals surface area contributed by atoms with E-state index in [1.54, 1.807) is 32.9 Å². The molecule has 1 aliphatic rings. The number of rotatable bonds is 4. The van der Waals surface area contributed by atoms with Crippen LogP contribution in [0.1, 0.15) is 33.6 Å². The second kappa shape index (κ2) is 8.23. The molecule has 5 heterocycles. The fraction of sp³-hybridized carbons (Fsp3) is 0.417. The Balaban J connectivity index is 1.50. The Hall–Kier alpha value is -4.20. The first-order valence-corrected chi connectivity index (χ1v) is 11.4. The van der Waals surface area contributed by atoms with Crippen molar-refractivity contribution in [1.82, 2.24) is 38.8 Å². The first-order chi connectivity index (χ1) is 16.7. The zero-order valence-corrected chi connectivity index (χ0v) is 20.2. The Labute approximate surface area is 202 Å². The smallest absolute Gasteiger partial charge is 0.410 e. The van der Waals surface area contributed by atoms with Crippen LogP contribution in [0.4, 0.5) is 4.79 Å². The van der Waals surface area contributed by atoms with Crippen LogP contribution < -0.4 is 0 Å². The molecule has 0 radical (unpaired) electrons. The number of ether oxygens (including phenoxy) is 1. The van der Waals surface area contributed by atoms with E-state index in [0.29, 0.717) is 25.3 Å². The molecule has 1 atom stereocenters. The van der Waals surface area contributed by atoms with Crippen LogP contribution in [-0.2, 0) is 17.3 Å². The summed E-state index contributed by atoms with van der Waals surface area (Å²) in [6.45, 7) is 6.36. The van der Waals surface area contributed by atoms with Gasteiger partial charge >= 0.3 is 6.09 Å². The number of aromatic nitrogens is 7. The van der Waals surface area contributed by atoms with Crippen molar-refractivity contribution in [3.8, 4) is 28.7 Å². The third kappa shape index (κ3) is 4.23. The number of amides is 1. The van der Waals surface area contributed by atoms with E-state index in [0.717, 1.165) is 22.5 Å². The molecular weight excluding hydrogens is 446 g/mol. The van der Waals surface area contributed by atoms with Gasteiger partial charge in [0.1, 0.15) is 17.1 Å². The van der Waals surface area contributed by atoms with Crippen LogP contribution in [0.15, 0.2) is 43.2 Å². The third-order valence-corrected chi connectivity index (χ3v) is 6.11. The molecule has 1 unspecified atom stereocenters. The Morgan fingerprint density at radius 3 is 2.74 bits per heavy atom. The SMILES string of the molecule is Cn1cc(-c2cc3nccn3c(-c3cnn(C4(CC#N)CCN(C(=O)OC(C)(C)C)C4)c3)n2)cn1. The fourth-order valence-electron chi connectivity index (χ4n) is 4.42. The number of hydrogen-bond donors (Lipinski definition) is 0. The lowest BCUT2D eigenvalue weighted by atomic mass is 9.95. The van der Waals surface area contributed by atoms with Gasteiger partial charge in [-0.15, -0.1) is 0 Å². The summed E-state index contributed by atoms with van der Waals surface area (Å²) in [5.74, 6) is 0.680. The predicted octanol–water partition coefficient (Wildman–Crippen LogP) is 3.24. The standard InChI is InChI=1S/C24H27N9O2/c1-23(2,3)35-22(34)31-9-6-24(16-31,5-7-25)33-15-18(13-28-33)21-29-19(17-12-27-30(4)14-17)11-20-26-8-10-32(20)21/h8,10-15H,5-6,9,16H2,1-4H3. The zero-order valence-electron chi connectivity index (χ0n) is 20.2. The molecule has 0 aliphatic carbocycles. The molecular formula is C24H27N9O2. The second-order valence-corrected chi connectivity index (χ2v) is 9.91. The van der Waals surface area contributed by atoms with Crippen molar-refractivity contribution in [1.29, 1.82) is 5.26 Å². The zero-order chi connectivity index (χ0) is 24.8. The van der Waals surface area contributed by atoms with Gasteiger partial charge < -0.3 is 9.64 Å². The lowest BCUT2D eigenvalue weighted by Crippen LogP contribution is -2.41. The summed E-state index contributed by atoms with van der Waals surface area (Å²) in [4.78, 5) is 23.7. The minimum absolute atomic E-state index is 0.219. The number of fused-ring (bicyclic) bond motifs is 1. The summed E-state index contributed by atoms with van der Waals surface area (Å²) in [5.41, 5.74) is 1.95. The third-order valence-electron chi connectivity index (χ3n) is 6.11. The summed E-state index contributed by atoms with van der Waals surface area (Å²) in [6.07, 6.45) is 11.3. The first-order valence-electron chi connectivity index (χ1n) is 11.4. The van der Waals surface area contributed by atoms with Crippen molar-refractivity contribution in [2.45, 2.75) is 44.8 Å². The van der Waals surface area contributed by atoms with Crippen LogP contribution in [0.3, 0.4) is 0 Å². The molecule has 180 valence electrons. The van der Waals surface area contributed by atoms with Gasteiger partial charge in [0.25, 0.3) is 0 Å². The molecule has 5 rings (SSSR count). The Morgan fingerprint density at radius 1 is 1.23 bits per heavy atom. The molecule has 1 saturated heterocycles. The molecule has 11 heteroatoms. The quantitative estimate of drug-likeness (QED) is 0.446. The molecule has 4 aromatic rings. The van der Waals surface area contributed by atoms with E-state index in [4.69, 9.17) is 9.72 Å². The molecule has 4 aromatic heterocycles. The van der Waals surface area contributed by atoms with Crippen molar-refractivity contribution in [3.05, 3.63) is 43.2 Å². The maximum atomic E-state index is 12.7. The van der Waals surface area contributed by atoms with Crippen molar-refractivity contribution in [2.75, 3.05) is 13.1 Å². The van der Waals surface area contributed by atoms with Crippen LogP contribution in [0.2, 0.25) is 0 Å². The summed E-state index contributed by atoms with van der Waals surface area (Å²) < 4.78 is 11.0. The molecule has 35 heavy (non-hydrogen) atoms. The van der Waals surface area contributed by atoms with E-state index in [9.17, 15) is 10.1 Å². The van der Waals surface area contributed by atoms with Crippen molar-refractivity contribution < 1.29 is 9.53 Å². The summed E-state index contributed by atoms with van der Waals surface area (Å²) >= 11 is 0.